The first kappa shape index (κ1) is 83.2. The first-order valence-electron chi connectivity index (χ1n) is 49.1. The van der Waals surface area contributed by atoms with Gasteiger partial charge in [-0.15, -0.1) is 0 Å². The Morgan fingerprint density at radius 1 is 0.167 bits per heavy atom. The van der Waals surface area contributed by atoms with E-state index in [1.54, 1.807) is 0 Å². The molecule has 144 heavy (non-hydrogen) atoms. The summed E-state index contributed by atoms with van der Waals surface area (Å²) in [7, 11) is 0. The average molecular weight is 1850 g/mol. The van der Waals surface area contributed by atoms with Gasteiger partial charge in [0.05, 0.1) is 34.1 Å². The van der Waals surface area contributed by atoms with Gasteiger partial charge >= 0.3 is 0 Å². The number of hydrogen-bond donors (Lipinski definition) is 0. The molecule has 5 heterocycles. The Labute approximate surface area is 830 Å². The van der Waals surface area contributed by atoms with Crippen molar-refractivity contribution >= 4 is 199 Å². The molecule has 0 saturated carbocycles. The summed E-state index contributed by atoms with van der Waals surface area (Å²) in [6.45, 7) is 6.58. The first-order valence-corrected chi connectivity index (χ1v) is 49.1. The summed E-state index contributed by atoms with van der Waals surface area (Å²) >= 11 is 0. The number of fused-ring (bicyclic) bond motifs is 21. The van der Waals surface area contributed by atoms with Crippen molar-refractivity contribution in [3.63, 3.8) is 0 Å². The highest BCUT2D eigenvalue weighted by atomic mass is 16.5. The van der Waals surface area contributed by atoms with Gasteiger partial charge in [-0.05, 0) is 288 Å². The third kappa shape index (κ3) is 13.6. The Kier molecular flexibility index (Phi) is 19.5. The van der Waals surface area contributed by atoms with Gasteiger partial charge in [-0.25, -0.2) is 0 Å². The number of rotatable bonds is 15. The van der Waals surface area contributed by atoms with E-state index >= 15 is 0 Å². The summed E-state index contributed by atoms with van der Waals surface area (Å²) in [5.41, 5.74) is 32.7. The molecule has 24 aromatic carbocycles. The smallest absolute Gasteiger partial charge is 0.159 e. The van der Waals surface area contributed by atoms with Gasteiger partial charge in [0.15, 0.2) is 16.7 Å². The number of hydrogen-bond acceptors (Lipinski definition) is 9. The predicted molar refractivity (Wildman–Crippen MR) is 600 cm³/mol. The van der Waals surface area contributed by atoms with Gasteiger partial charge in [0, 0.05) is 106 Å². The molecular weight excluding hydrogens is 1760 g/mol. The molecule has 9 heteroatoms. The molecule has 0 atom stereocenters. The van der Waals surface area contributed by atoms with Crippen molar-refractivity contribution < 1.29 is 22.7 Å². The van der Waals surface area contributed by atoms with Crippen molar-refractivity contribution in [1.29, 1.82) is 0 Å². The van der Waals surface area contributed by atoms with Crippen LogP contribution in [0.3, 0.4) is 0 Å². The molecule has 0 bridgehead atoms. The largest absolute Gasteiger partial charge is 0.456 e. The van der Waals surface area contributed by atoms with Crippen LogP contribution >= 0.6 is 0 Å². The molecule has 0 fully saturated rings. The van der Waals surface area contributed by atoms with Crippen LogP contribution in [0.25, 0.3) is 186 Å². The predicted octanol–water partition coefficient (Wildman–Crippen LogP) is 39.3. The second-order valence-electron chi connectivity index (χ2n) is 37.7. The van der Waals surface area contributed by atoms with Crippen molar-refractivity contribution in [2.45, 2.75) is 20.8 Å². The Morgan fingerprint density at radius 2 is 0.472 bits per heavy atom. The van der Waals surface area contributed by atoms with Crippen LogP contribution in [0.15, 0.2) is 492 Å². The lowest BCUT2D eigenvalue weighted by atomic mass is 9.86. The van der Waals surface area contributed by atoms with E-state index in [1.165, 1.54) is 87.5 Å². The monoisotopic (exact) mass is 1840 g/mol. The second kappa shape index (κ2) is 33.7. The van der Waals surface area contributed by atoms with E-state index in [4.69, 9.17) is 22.7 Å². The number of nitrogens with zero attached hydrogens (tertiary/aromatic N) is 4. The van der Waals surface area contributed by atoms with E-state index in [1.807, 2.05) is 36.4 Å². The van der Waals surface area contributed by atoms with Crippen molar-refractivity contribution in [1.82, 2.24) is 0 Å². The Balaban J connectivity index is 0.000000141. The first-order chi connectivity index (χ1) is 71.2. The van der Waals surface area contributed by atoms with Crippen molar-refractivity contribution in [3.05, 3.63) is 496 Å². The number of anilines is 12. The maximum absolute atomic E-state index is 7.10. The maximum Gasteiger partial charge on any atom is 0.159 e. The van der Waals surface area contributed by atoms with E-state index in [0.717, 1.165) is 206 Å². The molecular formula is C135H88N4O5. The molecule has 0 saturated heterocycles. The minimum atomic E-state index is 0.794. The van der Waals surface area contributed by atoms with E-state index < -0.39 is 0 Å². The van der Waals surface area contributed by atoms with E-state index in [0.29, 0.717) is 0 Å². The van der Waals surface area contributed by atoms with Crippen LogP contribution in [-0.4, -0.2) is 0 Å². The fourth-order valence-corrected chi connectivity index (χ4v) is 23.0. The molecule has 27 aromatic rings. The highest BCUT2D eigenvalue weighted by molar-refractivity contribution is 6.28. The average Bonchev–Trinajstić information content (AvgIpc) is 0.774. The van der Waals surface area contributed by atoms with Gasteiger partial charge in [0.2, 0.25) is 0 Å². The minimum Gasteiger partial charge on any atom is -0.456 e. The number of benzene rings is 24. The molecule has 0 unspecified atom stereocenters. The standard InChI is InChI=1S/C72H44N2O3.C63H44N2O2/c1-3-18-45(19-4-1)50-22-9-12-30-63(50)74(65-32-16-29-58-54-26-11-14-34-67(54)77-72(58)65)49-40-41-55-62-44-60-52-24-8-7-23-51(52)59(43-61(60)56-27-17-35-68(70(56)62)75-69(55)42-49)46-36-38-48(39-37-46)73(47-20-5-2-6-21-47)64-31-15-28-57-53-25-10-13-33-66(53)76-71(57)64;1-39-34-40(2)62(41(3)35-39)65(44-18-8-5-9-19-44)46-32-33-50-56-38-54-48-21-11-10-20-47(48)53(37-55(54)51-23-15-27-59(61(51)56)66-60(50)36-46)42-28-30-45(31-29-42)64(43-16-6-4-7-17-43)57-25-14-24-52-49-22-12-13-26-58(49)67-63(52)57/h1-44H;4-38H,1-3H3. The zero-order valence-electron chi connectivity index (χ0n) is 78.9. The molecule has 9 nitrogen and oxygen atoms in total. The molecule has 0 spiro atoms. The SMILES string of the molecule is Cc1cc(C)c(N(c2ccccc2)c2ccc3c(c2)Oc2cccc4c2c-3cc2c3ccccc3c(-c3ccc(N(c5ccccc5)c5cccc6c5oc5ccccc56)cc3)cc42)c(C)c1.c1ccc(-c2ccccc2N(c2ccc3c(c2)Oc2cccc4c2c-3cc2c3ccccc3c(-c3ccc(N(c5ccccc5)c5cccc6c5oc5ccccc56)cc3)cc42)c2cccc3c2oc2ccccc23)cc1. The Hall–Kier alpha value is -19.0. The summed E-state index contributed by atoms with van der Waals surface area (Å²) in [4.78, 5) is 9.29. The van der Waals surface area contributed by atoms with Crippen molar-refractivity contribution in [2.75, 3.05) is 19.6 Å². The lowest BCUT2D eigenvalue weighted by Crippen LogP contribution is -2.13. The van der Waals surface area contributed by atoms with Crippen LogP contribution in [0.1, 0.15) is 16.7 Å². The molecule has 0 amide bonds. The molecule has 0 N–H and O–H groups in total. The van der Waals surface area contributed by atoms with Crippen molar-refractivity contribution in [3.8, 4) is 78.6 Å². The number of aryl methyl sites for hydroxylation is 3. The fourth-order valence-electron chi connectivity index (χ4n) is 23.0. The second-order valence-corrected chi connectivity index (χ2v) is 37.7. The zero-order chi connectivity index (χ0) is 95.3. The summed E-state index contributed by atoms with van der Waals surface area (Å²) in [6, 6.07) is 171. The topological polar surface area (TPSA) is 70.8 Å². The molecule has 2 aliphatic heterocycles. The molecule has 2 aliphatic rings. The van der Waals surface area contributed by atoms with E-state index in [-0.39, 0.29) is 0 Å². The lowest BCUT2D eigenvalue weighted by molar-refractivity contribution is 0.487. The summed E-state index contributed by atoms with van der Waals surface area (Å²) in [6.07, 6.45) is 0. The van der Waals surface area contributed by atoms with Gasteiger partial charge in [0.1, 0.15) is 39.7 Å². The van der Waals surface area contributed by atoms with E-state index in [2.05, 4.69) is 483 Å². The highest BCUT2D eigenvalue weighted by Gasteiger charge is 2.32. The van der Waals surface area contributed by atoms with Crippen LogP contribution in [0.5, 0.6) is 23.0 Å². The number of ether oxygens (including phenoxy) is 2. The zero-order valence-corrected chi connectivity index (χ0v) is 78.9. The van der Waals surface area contributed by atoms with Gasteiger partial charge in [0.25, 0.3) is 0 Å². The van der Waals surface area contributed by atoms with Gasteiger partial charge in [-0.2, -0.15) is 0 Å². The van der Waals surface area contributed by atoms with Crippen LogP contribution in [0.2, 0.25) is 0 Å². The fraction of sp³-hybridized carbons (Fsp3) is 0.0222. The third-order valence-corrected chi connectivity index (χ3v) is 29.3. The molecule has 3 aromatic heterocycles. The molecule has 0 radical (unpaired) electrons. The lowest BCUT2D eigenvalue weighted by Gasteiger charge is -2.30. The Bertz CT molecular complexity index is 9880. The normalized spacial score (nSPS) is 12.0. The summed E-state index contributed by atoms with van der Waals surface area (Å²) < 4.78 is 34.0. The number of para-hydroxylation sites is 10. The van der Waals surface area contributed by atoms with Gasteiger partial charge < -0.3 is 42.3 Å². The molecule has 29 rings (SSSR count). The van der Waals surface area contributed by atoms with Crippen LogP contribution in [0, 0.1) is 20.8 Å². The third-order valence-electron chi connectivity index (χ3n) is 29.3. The van der Waals surface area contributed by atoms with Crippen LogP contribution < -0.4 is 29.1 Å². The Morgan fingerprint density at radius 3 is 0.910 bits per heavy atom. The van der Waals surface area contributed by atoms with Crippen molar-refractivity contribution in [2.24, 2.45) is 0 Å². The molecule has 678 valence electrons. The summed E-state index contributed by atoms with van der Waals surface area (Å²) in [5, 5.41) is 20.7. The minimum absolute atomic E-state index is 0.794. The van der Waals surface area contributed by atoms with Gasteiger partial charge in [-0.1, -0.05) is 309 Å². The van der Waals surface area contributed by atoms with Gasteiger partial charge in [-0.3, -0.25) is 0 Å². The van der Waals surface area contributed by atoms with Crippen LogP contribution in [-0.2, 0) is 0 Å². The summed E-state index contributed by atoms with van der Waals surface area (Å²) in [5.74, 6) is 3.34. The quantitative estimate of drug-likeness (QED) is 0.0934. The van der Waals surface area contributed by atoms with E-state index in [9.17, 15) is 0 Å². The van der Waals surface area contributed by atoms with Crippen LogP contribution in [0.4, 0.5) is 68.2 Å². The number of furan rings is 3. The highest BCUT2D eigenvalue weighted by Crippen LogP contribution is 2.58. The molecule has 0 aliphatic carbocycles. The maximum atomic E-state index is 7.10.